The van der Waals surface area contributed by atoms with Crippen LogP contribution in [-0.2, 0) is 5.75 Å². The maximum atomic E-state index is 10.8. The second-order valence-corrected chi connectivity index (χ2v) is 5.16. The number of thioether (sulfide) groups is 1. The highest BCUT2D eigenvalue weighted by Gasteiger charge is 2.11. The number of benzene rings is 1. The van der Waals surface area contributed by atoms with Gasteiger partial charge in [-0.1, -0.05) is 5.16 Å². The Morgan fingerprint density at radius 3 is 2.71 bits per heavy atom. The first kappa shape index (κ1) is 13.4. The van der Waals surface area contributed by atoms with Gasteiger partial charge in [-0.25, -0.2) is 4.79 Å². The van der Waals surface area contributed by atoms with Crippen LogP contribution in [0, 0.1) is 0 Å². The molecule has 0 atom stereocenters. The van der Waals surface area contributed by atoms with Crippen LogP contribution in [0.4, 0.5) is 0 Å². The highest BCUT2D eigenvalue weighted by Crippen LogP contribution is 2.24. The first-order chi connectivity index (χ1) is 10.2. The Hall–Kier alpha value is -2.54. The average Bonchev–Trinajstić information content (AvgIpc) is 3.16. The molecule has 1 N–H and O–H groups in total. The van der Waals surface area contributed by atoms with Gasteiger partial charge in [0.05, 0.1) is 17.6 Å². The number of carboxylic acid groups (broad SMARTS) is 1. The summed E-state index contributed by atoms with van der Waals surface area (Å²) in [6.07, 6.45) is 1.54. The molecule has 0 saturated heterocycles. The molecule has 106 valence electrons. The van der Waals surface area contributed by atoms with Crippen LogP contribution in [0.3, 0.4) is 0 Å². The summed E-state index contributed by atoms with van der Waals surface area (Å²) < 4.78 is 10.3. The molecule has 2 aromatic heterocycles. The van der Waals surface area contributed by atoms with Crippen LogP contribution in [0.2, 0.25) is 0 Å². The Morgan fingerprint density at radius 2 is 2.05 bits per heavy atom. The molecular weight excluding hydrogens is 292 g/mol. The highest BCUT2D eigenvalue weighted by molar-refractivity contribution is 7.98. The quantitative estimate of drug-likeness (QED) is 0.723. The van der Waals surface area contributed by atoms with Gasteiger partial charge < -0.3 is 14.0 Å². The molecule has 7 heteroatoms. The van der Waals surface area contributed by atoms with Crippen LogP contribution < -0.4 is 0 Å². The van der Waals surface area contributed by atoms with Crippen molar-refractivity contribution in [2.24, 2.45) is 0 Å². The minimum Gasteiger partial charge on any atom is -0.478 e. The van der Waals surface area contributed by atoms with E-state index in [9.17, 15) is 4.79 Å². The van der Waals surface area contributed by atoms with E-state index in [1.54, 1.807) is 36.4 Å². The molecule has 0 saturated carbocycles. The van der Waals surface area contributed by atoms with Gasteiger partial charge in [0, 0.05) is 4.90 Å². The first-order valence-corrected chi connectivity index (χ1v) is 7.03. The largest absolute Gasteiger partial charge is 0.478 e. The second-order valence-electron chi connectivity index (χ2n) is 4.11. The van der Waals surface area contributed by atoms with Gasteiger partial charge in [-0.3, -0.25) is 0 Å². The van der Waals surface area contributed by atoms with Gasteiger partial charge in [0.25, 0.3) is 5.89 Å². The predicted octanol–water partition coefficient (Wildman–Crippen LogP) is 3.32. The molecule has 0 aliphatic rings. The zero-order valence-electron chi connectivity index (χ0n) is 10.7. The standard InChI is InChI=1S/C14H10N2O4S/c17-14(18)9-3-5-10(6-4-9)21-8-12-15-13(20-16-12)11-2-1-7-19-11/h1-7H,8H2,(H,17,18). The molecule has 2 heterocycles. The number of furan rings is 1. The van der Waals surface area contributed by atoms with Crippen molar-refractivity contribution in [2.75, 3.05) is 0 Å². The third kappa shape index (κ3) is 3.14. The zero-order valence-corrected chi connectivity index (χ0v) is 11.5. The average molecular weight is 302 g/mol. The fourth-order valence-electron chi connectivity index (χ4n) is 1.65. The van der Waals surface area contributed by atoms with Gasteiger partial charge in [0.2, 0.25) is 0 Å². The van der Waals surface area contributed by atoms with Crippen molar-refractivity contribution in [3.05, 3.63) is 54.0 Å². The van der Waals surface area contributed by atoms with E-state index in [2.05, 4.69) is 10.1 Å². The van der Waals surface area contributed by atoms with Gasteiger partial charge in [0.15, 0.2) is 11.6 Å². The van der Waals surface area contributed by atoms with E-state index in [1.807, 2.05) is 0 Å². The van der Waals surface area contributed by atoms with Crippen LogP contribution in [0.25, 0.3) is 11.7 Å². The molecule has 0 fully saturated rings. The predicted molar refractivity (Wildman–Crippen MR) is 75.0 cm³/mol. The van der Waals surface area contributed by atoms with Crippen molar-refractivity contribution in [3.63, 3.8) is 0 Å². The minimum atomic E-state index is -0.937. The van der Waals surface area contributed by atoms with Crippen molar-refractivity contribution in [1.29, 1.82) is 0 Å². The number of carbonyl (C=O) groups is 1. The minimum absolute atomic E-state index is 0.263. The van der Waals surface area contributed by atoms with Crippen molar-refractivity contribution in [2.45, 2.75) is 10.6 Å². The monoisotopic (exact) mass is 302 g/mol. The molecule has 0 aliphatic carbocycles. The maximum Gasteiger partial charge on any atom is 0.335 e. The number of carboxylic acids is 1. The Labute approximate surface area is 123 Å². The summed E-state index contributed by atoms with van der Waals surface area (Å²) >= 11 is 1.50. The lowest BCUT2D eigenvalue weighted by molar-refractivity contribution is 0.0697. The van der Waals surface area contributed by atoms with E-state index in [1.165, 1.54) is 18.0 Å². The van der Waals surface area contributed by atoms with E-state index in [0.717, 1.165) is 4.90 Å². The number of hydrogen-bond donors (Lipinski definition) is 1. The summed E-state index contributed by atoms with van der Waals surface area (Å²) in [6, 6.07) is 10.1. The molecule has 6 nitrogen and oxygen atoms in total. The SMILES string of the molecule is O=C(O)c1ccc(SCc2noc(-c3ccco3)n2)cc1. The van der Waals surface area contributed by atoms with E-state index >= 15 is 0 Å². The van der Waals surface area contributed by atoms with E-state index < -0.39 is 5.97 Å². The van der Waals surface area contributed by atoms with Crippen molar-refractivity contribution < 1.29 is 18.8 Å². The van der Waals surface area contributed by atoms with Gasteiger partial charge in [-0.2, -0.15) is 4.98 Å². The molecular formula is C14H10N2O4S. The smallest absolute Gasteiger partial charge is 0.335 e. The lowest BCUT2D eigenvalue weighted by Gasteiger charge is -1.99. The Bertz CT molecular complexity index is 735. The molecule has 1 aromatic carbocycles. The summed E-state index contributed by atoms with van der Waals surface area (Å²) in [6.45, 7) is 0. The summed E-state index contributed by atoms with van der Waals surface area (Å²) in [4.78, 5) is 15.9. The highest BCUT2D eigenvalue weighted by atomic mass is 32.2. The zero-order chi connectivity index (χ0) is 14.7. The summed E-state index contributed by atoms with van der Waals surface area (Å²) in [5, 5.41) is 12.7. The molecule has 0 bridgehead atoms. The van der Waals surface area contributed by atoms with Crippen molar-refractivity contribution in [1.82, 2.24) is 10.1 Å². The van der Waals surface area contributed by atoms with Crippen molar-refractivity contribution >= 4 is 17.7 Å². The van der Waals surface area contributed by atoms with Crippen LogP contribution in [0.5, 0.6) is 0 Å². The molecule has 0 radical (unpaired) electrons. The number of aromatic carboxylic acids is 1. The molecule has 21 heavy (non-hydrogen) atoms. The number of aromatic nitrogens is 2. The van der Waals surface area contributed by atoms with E-state index in [0.29, 0.717) is 23.2 Å². The molecule has 0 amide bonds. The summed E-state index contributed by atoms with van der Waals surface area (Å²) in [5.41, 5.74) is 0.263. The summed E-state index contributed by atoms with van der Waals surface area (Å²) in [5.74, 6) is 1.01. The van der Waals surface area contributed by atoms with Gasteiger partial charge in [0.1, 0.15) is 0 Å². The van der Waals surface area contributed by atoms with E-state index in [-0.39, 0.29) is 5.56 Å². The van der Waals surface area contributed by atoms with Crippen LogP contribution in [0.15, 0.2) is 56.5 Å². The summed E-state index contributed by atoms with van der Waals surface area (Å²) in [7, 11) is 0. The second kappa shape index (κ2) is 5.84. The topological polar surface area (TPSA) is 89.4 Å². The molecule has 3 rings (SSSR count). The molecule has 0 unspecified atom stereocenters. The lowest BCUT2D eigenvalue weighted by Crippen LogP contribution is -1.94. The van der Waals surface area contributed by atoms with Crippen LogP contribution >= 0.6 is 11.8 Å². The fourth-order valence-corrected chi connectivity index (χ4v) is 2.40. The third-order valence-electron chi connectivity index (χ3n) is 2.67. The Balaban J connectivity index is 1.64. The maximum absolute atomic E-state index is 10.8. The first-order valence-electron chi connectivity index (χ1n) is 6.05. The number of rotatable bonds is 5. The van der Waals surface area contributed by atoms with Crippen LogP contribution in [-0.4, -0.2) is 21.2 Å². The van der Waals surface area contributed by atoms with Crippen LogP contribution in [0.1, 0.15) is 16.2 Å². The fraction of sp³-hybridized carbons (Fsp3) is 0.0714. The Morgan fingerprint density at radius 1 is 1.24 bits per heavy atom. The van der Waals surface area contributed by atoms with Gasteiger partial charge >= 0.3 is 5.97 Å². The van der Waals surface area contributed by atoms with Gasteiger partial charge in [-0.05, 0) is 36.4 Å². The number of nitrogens with zero attached hydrogens (tertiary/aromatic N) is 2. The molecule has 0 aliphatic heterocycles. The Kier molecular flexibility index (Phi) is 3.74. The van der Waals surface area contributed by atoms with E-state index in [4.69, 9.17) is 14.0 Å². The lowest BCUT2D eigenvalue weighted by atomic mass is 10.2. The number of hydrogen-bond acceptors (Lipinski definition) is 6. The van der Waals surface area contributed by atoms with Crippen molar-refractivity contribution in [3.8, 4) is 11.7 Å². The molecule has 3 aromatic rings. The van der Waals surface area contributed by atoms with Gasteiger partial charge in [-0.15, -0.1) is 11.8 Å². The normalized spacial score (nSPS) is 10.7. The third-order valence-corrected chi connectivity index (χ3v) is 3.68. The molecule has 0 spiro atoms.